The van der Waals surface area contributed by atoms with E-state index >= 15 is 0 Å². The van der Waals surface area contributed by atoms with E-state index in [1.165, 1.54) is 17.3 Å². The summed E-state index contributed by atoms with van der Waals surface area (Å²) < 4.78 is 102. The molecule has 0 saturated heterocycles. The summed E-state index contributed by atoms with van der Waals surface area (Å²) in [6.45, 7) is -0.793. The molecule has 18 nitrogen and oxygen atoms in total. The van der Waals surface area contributed by atoms with E-state index in [4.69, 9.17) is 11.6 Å². The lowest BCUT2D eigenvalue weighted by atomic mass is 9.98. The number of fused-ring (bicyclic) bond motifs is 2. The molecule has 2 aliphatic heterocycles. The minimum Gasteiger partial charge on any atom is -0.395 e. The van der Waals surface area contributed by atoms with Crippen LogP contribution in [0.5, 0.6) is 0 Å². The molecule has 0 aliphatic carbocycles. The molecule has 0 unspecified atom stereocenters. The molecule has 4 aromatic heterocycles. The van der Waals surface area contributed by atoms with Gasteiger partial charge in [-0.3, -0.25) is 4.79 Å². The Morgan fingerprint density at radius 1 is 0.808 bits per heavy atom. The van der Waals surface area contributed by atoms with Crippen molar-refractivity contribution in [1.82, 2.24) is 58.1 Å². The van der Waals surface area contributed by atoms with Gasteiger partial charge in [0.05, 0.1) is 30.5 Å². The highest BCUT2D eigenvalue weighted by atomic mass is 35.5. The first-order chi connectivity index (χ1) is 24.7. The van der Waals surface area contributed by atoms with Crippen LogP contribution >= 0.6 is 11.6 Å². The SMILES string of the molecule is O=C([C@H](CO)c1ccccc1Cl)N1Cc2cn(S(=O)(=O)c3ncn(CC(F)F)n3)nc2C1.O=S(=O)(c1ncn(CC(F)F)n1)n1cc2c(n1)CNC2. The second kappa shape index (κ2) is 14.7. The number of rotatable bonds is 11. The van der Waals surface area contributed by atoms with E-state index in [0.29, 0.717) is 44.7 Å². The van der Waals surface area contributed by atoms with E-state index in [1.54, 1.807) is 24.3 Å². The van der Waals surface area contributed by atoms with Gasteiger partial charge in [0.1, 0.15) is 25.7 Å². The van der Waals surface area contributed by atoms with Gasteiger partial charge in [-0.1, -0.05) is 29.8 Å². The van der Waals surface area contributed by atoms with Crippen molar-refractivity contribution in [1.29, 1.82) is 0 Å². The standard InChI is InChI=1S/C18H17ClF2N6O4S.C9H10F2N6O2S/c19-14-4-2-1-3-12(14)13(9-28)17(29)25-5-11-6-27(23-15(11)7-25)32(30,31)18-22-10-26(24-18)8-16(20)21;10-8(11)4-16-5-13-9(15-16)20(18,19)17-3-6-1-12-2-7(6)14-17/h1-4,6,10,13,16,28H,5,7-9H2;3,5,8,12H,1-2,4H2/t13-;/m1./s1. The molecule has 52 heavy (non-hydrogen) atoms. The van der Waals surface area contributed by atoms with Crippen molar-refractivity contribution in [2.45, 2.75) is 68.4 Å². The Bertz CT molecular complexity index is 2270. The number of aliphatic hydroxyl groups is 1. The molecule has 0 saturated carbocycles. The van der Waals surface area contributed by atoms with Gasteiger partial charge in [0.15, 0.2) is 0 Å². The first-order valence-corrected chi connectivity index (χ1v) is 18.3. The lowest BCUT2D eigenvalue weighted by Gasteiger charge is -2.22. The number of hydrogen-bond donors (Lipinski definition) is 2. The summed E-state index contributed by atoms with van der Waals surface area (Å²) in [4.78, 5) is 21.5. The molecule has 6 heterocycles. The van der Waals surface area contributed by atoms with Crippen LogP contribution in [0.1, 0.15) is 34.0 Å². The summed E-state index contributed by atoms with van der Waals surface area (Å²) in [6, 6.07) is 6.70. The Morgan fingerprint density at radius 3 is 1.88 bits per heavy atom. The molecule has 1 atom stereocenters. The second-order valence-corrected chi connectivity index (χ2v) is 15.1. The smallest absolute Gasteiger partial charge is 0.320 e. The molecule has 0 spiro atoms. The summed E-state index contributed by atoms with van der Waals surface area (Å²) >= 11 is 6.16. The number of carbonyl (C=O) groups is 1. The van der Waals surface area contributed by atoms with Crippen LogP contribution in [0.3, 0.4) is 0 Å². The van der Waals surface area contributed by atoms with Gasteiger partial charge in [-0.25, -0.2) is 36.9 Å². The first kappa shape index (κ1) is 37.0. The predicted octanol–water partition coefficient (Wildman–Crippen LogP) is 0.828. The molecule has 5 aromatic rings. The Balaban J connectivity index is 0.000000198. The number of aromatic nitrogens is 10. The van der Waals surface area contributed by atoms with Gasteiger partial charge >= 0.3 is 20.0 Å². The average Bonchev–Trinajstić information content (AvgIpc) is 3.91. The number of nitrogens with zero attached hydrogens (tertiary/aromatic N) is 11. The molecule has 278 valence electrons. The maximum absolute atomic E-state index is 13.0. The molecule has 0 bridgehead atoms. The van der Waals surface area contributed by atoms with Gasteiger partial charge in [0.2, 0.25) is 5.91 Å². The lowest BCUT2D eigenvalue weighted by molar-refractivity contribution is -0.134. The molecular weight excluding hydrogens is 764 g/mol. The number of nitrogens with one attached hydrogen (secondary N) is 1. The second-order valence-electron chi connectivity index (χ2n) is 11.3. The monoisotopic (exact) mass is 790 g/mol. The zero-order valence-corrected chi connectivity index (χ0v) is 28.8. The highest BCUT2D eigenvalue weighted by Gasteiger charge is 2.35. The Kier molecular flexibility index (Phi) is 10.4. The normalized spacial score (nSPS) is 14.8. The minimum absolute atomic E-state index is 0.0326. The van der Waals surface area contributed by atoms with Crippen molar-refractivity contribution in [3.63, 3.8) is 0 Å². The maximum Gasteiger partial charge on any atom is 0.320 e. The third kappa shape index (κ3) is 7.55. The van der Waals surface area contributed by atoms with Crippen molar-refractivity contribution in [3.8, 4) is 0 Å². The van der Waals surface area contributed by atoms with E-state index in [0.717, 1.165) is 31.7 Å². The minimum atomic E-state index is -4.28. The lowest BCUT2D eigenvalue weighted by Crippen LogP contribution is -2.33. The van der Waals surface area contributed by atoms with Crippen LogP contribution in [0.2, 0.25) is 5.02 Å². The fourth-order valence-electron chi connectivity index (χ4n) is 5.27. The van der Waals surface area contributed by atoms with E-state index in [-0.39, 0.29) is 19.0 Å². The summed E-state index contributed by atoms with van der Waals surface area (Å²) in [7, 11) is -8.32. The molecule has 25 heteroatoms. The summed E-state index contributed by atoms with van der Waals surface area (Å²) in [5.74, 6) is -1.24. The quantitative estimate of drug-likeness (QED) is 0.178. The molecule has 0 fully saturated rings. The number of carbonyl (C=O) groups excluding carboxylic acids is 1. The Labute approximate surface area is 296 Å². The zero-order valence-electron chi connectivity index (χ0n) is 26.4. The van der Waals surface area contributed by atoms with Crippen molar-refractivity contribution >= 4 is 37.6 Å². The van der Waals surface area contributed by atoms with Crippen molar-refractivity contribution < 1.29 is 44.3 Å². The van der Waals surface area contributed by atoms with Crippen LogP contribution < -0.4 is 5.32 Å². The zero-order chi connectivity index (χ0) is 37.4. The van der Waals surface area contributed by atoms with Gasteiger partial charge in [0, 0.05) is 48.2 Å². The van der Waals surface area contributed by atoms with Crippen LogP contribution in [-0.2, 0) is 64.1 Å². The van der Waals surface area contributed by atoms with Crippen LogP contribution in [0.25, 0.3) is 0 Å². The van der Waals surface area contributed by atoms with Crippen molar-refractivity contribution in [3.05, 3.63) is 82.4 Å². The van der Waals surface area contributed by atoms with Crippen LogP contribution in [0.15, 0.2) is 59.6 Å². The number of benzene rings is 1. The third-order valence-electron chi connectivity index (χ3n) is 7.73. The molecule has 2 aliphatic rings. The Hall–Kier alpha value is -4.78. The summed E-state index contributed by atoms with van der Waals surface area (Å²) in [6.07, 6.45) is -0.879. The summed E-state index contributed by atoms with van der Waals surface area (Å²) in [5, 5.41) is 27.0. The van der Waals surface area contributed by atoms with E-state index < -0.39 is 68.8 Å². The summed E-state index contributed by atoms with van der Waals surface area (Å²) in [5.41, 5.74) is 2.75. The van der Waals surface area contributed by atoms with Gasteiger partial charge < -0.3 is 15.3 Å². The number of halogens is 5. The highest BCUT2D eigenvalue weighted by Crippen LogP contribution is 2.30. The molecular formula is C27H27ClF4N12O6S2. The van der Waals surface area contributed by atoms with Crippen molar-refractivity contribution in [2.75, 3.05) is 6.61 Å². The number of hydrogen-bond acceptors (Lipinski definition) is 13. The highest BCUT2D eigenvalue weighted by molar-refractivity contribution is 7.89. The van der Waals surface area contributed by atoms with Crippen LogP contribution in [0.4, 0.5) is 17.6 Å². The molecule has 2 N–H and O–H groups in total. The molecule has 7 rings (SSSR count). The number of alkyl halides is 4. The first-order valence-electron chi connectivity index (χ1n) is 15.0. The van der Waals surface area contributed by atoms with Gasteiger partial charge in [-0.2, -0.15) is 35.2 Å². The van der Waals surface area contributed by atoms with Gasteiger partial charge in [-0.15, -0.1) is 10.2 Å². The van der Waals surface area contributed by atoms with Crippen LogP contribution in [-0.4, -0.2) is 100 Å². The maximum atomic E-state index is 13.0. The van der Waals surface area contributed by atoms with Crippen LogP contribution in [0, 0.1) is 0 Å². The third-order valence-corrected chi connectivity index (χ3v) is 10.7. The fraction of sp³-hybridized carbons (Fsp3) is 0.370. The largest absolute Gasteiger partial charge is 0.395 e. The van der Waals surface area contributed by atoms with E-state index in [9.17, 15) is 44.3 Å². The topological polar surface area (TPSA) is 218 Å². The molecule has 1 aromatic carbocycles. The predicted molar refractivity (Wildman–Crippen MR) is 168 cm³/mol. The van der Waals surface area contributed by atoms with E-state index in [2.05, 4.69) is 35.7 Å². The Morgan fingerprint density at radius 2 is 1.37 bits per heavy atom. The average molecular weight is 791 g/mol. The van der Waals surface area contributed by atoms with Gasteiger partial charge in [0.25, 0.3) is 23.2 Å². The van der Waals surface area contributed by atoms with Gasteiger partial charge in [-0.05, 0) is 11.6 Å². The van der Waals surface area contributed by atoms with Crippen molar-refractivity contribution in [2.24, 2.45) is 0 Å². The molecule has 1 amide bonds. The fourth-order valence-corrected chi connectivity index (χ4v) is 7.59. The van der Waals surface area contributed by atoms with E-state index in [1.807, 2.05) is 0 Å². The number of amides is 1. The molecule has 0 radical (unpaired) electrons. The number of aliphatic hydroxyl groups excluding tert-OH is 1.